The number of anilines is 1. The third kappa shape index (κ3) is 2.09. The number of hydrogen-bond acceptors (Lipinski definition) is 3. The van der Waals surface area contributed by atoms with Gasteiger partial charge in [-0.2, -0.15) is 0 Å². The molecule has 0 fully saturated rings. The lowest BCUT2D eigenvalue weighted by molar-refractivity contribution is 0.626. The van der Waals surface area contributed by atoms with Gasteiger partial charge in [-0.25, -0.2) is 4.39 Å². The zero-order valence-electron chi connectivity index (χ0n) is 11.9. The monoisotopic (exact) mass is 311 g/mol. The standard InChI is InChI=1S/C17H14FN3S/c18-13-7-5-12(6-8-13)11-21-15-4-2-1-3-14(15)16(22)20-10-9-19-17(20)21/h1-8H,9-11H2. The van der Waals surface area contributed by atoms with Crippen molar-refractivity contribution < 1.29 is 4.39 Å². The third-order valence-electron chi connectivity index (χ3n) is 3.98. The minimum absolute atomic E-state index is 0.219. The number of halogens is 1. The molecule has 3 nitrogen and oxygen atoms in total. The average Bonchev–Trinajstić information content (AvgIpc) is 3.03. The third-order valence-corrected chi connectivity index (χ3v) is 4.42. The first-order valence-electron chi connectivity index (χ1n) is 7.21. The summed E-state index contributed by atoms with van der Waals surface area (Å²) in [5.41, 5.74) is 3.16. The van der Waals surface area contributed by atoms with Gasteiger partial charge in [0.2, 0.25) is 5.96 Å². The summed E-state index contributed by atoms with van der Waals surface area (Å²) in [5, 5.41) is 0. The van der Waals surface area contributed by atoms with Crippen molar-refractivity contribution in [3.8, 4) is 0 Å². The highest BCUT2D eigenvalue weighted by molar-refractivity contribution is 7.80. The highest BCUT2D eigenvalue weighted by atomic mass is 32.1. The van der Waals surface area contributed by atoms with Crippen molar-refractivity contribution in [2.75, 3.05) is 18.0 Å². The van der Waals surface area contributed by atoms with Gasteiger partial charge in [0.25, 0.3) is 0 Å². The highest BCUT2D eigenvalue weighted by Gasteiger charge is 2.34. The van der Waals surface area contributed by atoms with E-state index in [4.69, 9.17) is 12.2 Å². The van der Waals surface area contributed by atoms with Gasteiger partial charge in [-0.05, 0) is 29.8 Å². The summed E-state index contributed by atoms with van der Waals surface area (Å²) in [7, 11) is 0. The minimum atomic E-state index is -0.219. The Morgan fingerprint density at radius 2 is 1.86 bits per heavy atom. The van der Waals surface area contributed by atoms with E-state index in [0.717, 1.165) is 40.9 Å². The molecule has 0 amide bonds. The normalized spacial score (nSPS) is 16.4. The molecule has 4 rings (SSSR count). The van der Waals surface area contributed by atoms with Crippen LogP contribution >= 0.6 is 12.2 Å². The maximum Gasteiger partial charge on any atom is 0.206 e. The lowest BCUT2D eigenvalue weighted by Crippen LogP contribution is -2.49. The summed E-state index contributed by atoms with van der Waals surface area (Å²) in [4.78, 5) is 9.69. The minimum Gasteiger partial charge on any atom is -0.307 e. The Morgan fingerprint density at radius 1 is 1.09 bits per heavy atom. The number of nitrogens with zero attached hydrogens (tertiary/aromatic N) is 3. The lowest BCUT2D eigenvalue weighted by atomic mass is 10.1. The molecule has 0 N–H and O–H groups in total. The molecule has 0 radical (unpaired) electrons. The first-order chi connectivity index (χ1) is 10.7. The smallest absolute Gasteiger partial charge is 0.206 e. The Labute approximate surface area is 133 Å². The van der Waals surface area contributed by atoms with Crippen LogP contribution in [0.25, 0.3) is 0 Å². The van der Waals surface area contributed by atoms with Gasteiger partial charge in [0.05, 0.1) is 18.8 Å². The molecule has 2 aliphatic heterocycles. The number of hydrogen-bond donors (Lipinski definition) is 0. The number of thiocarbonyl (C=S) groups is 1. The summed E-state index contributed by atoms with van der Waals surface area (Å²) in [5.74, 6) is 0.678. The second-order valence-corrected chi connectivity index (χ2v) is 5.75. The van der Waals surface area contributed by atoms with Crippen LogP contribution in [0.2, 0.25) is 0 Å². The molecule has 2 aliphatic rings. The van der Waals surface area contributed by atoms with Crippen LogP contribution in [0.5, 0.6) is 0 Å². The SMILES string of the molecule is Fc1ccc(CN2C3=NCCN3C(=S)c3ccccc32)cc1. The van der Waals surface area contributed by atoms with E-state index in [1.54, 1.807) is 0 Å². The molecule has 0 spiro atoms. The first-order valence-corrected chi connectivity index (χ1v) is 7.62. The van der Waals surface area contributed by atoms with E-state index in [1.807, 2.05) is 30.3 Å². The molecule has 2 aromatic carbocycles. The van der Waals surface area contributed by atoms with Crippen molar-refractivity contribution in [1.29, 1.82) is 0 Å². The molecule has 22 heavy (non-hydrogen) atoms. The molecule has 110 valence electrons. The fraction of sp³-hybridized carbons (Fsp3) is 0.176. The van der Waals surface area contributed by atoms with E-state index in [9.17, 15) is 4.39 Å². The van der Waals surface area contributed by atoms with Gasteiger partial charge in [-0.1, -0.05) is 36.5 Å². The predicted octanol–water partition coefficient (Wildman–Crippen LogP) is 3.19. The molecule has 0 aromatic heterocycles. The molecule has 2 heterocycles. The maximum absolute atomic E-state index is 13.1. The summed E-state index contributed by atoms with van der Waals surface area (Å²) in [6.45, 7) is 2.22. The molecule has 5 heteroatoms. The molecule has 0 atom stereocenters. The Morgan fingerprint density at radius 3 is 2.68 bits per heavy atom. The average molecular weight is 311 g/mol. The number of fused-ring (bicyclic) bond motifs is 2. The molecule has 0 aliphatic carbocycles. The first kappa shape index (κ1) is 13.4. The molecule has 2 aromatic rings. The van der Waals surface area contributed by atoms with Crippen molar-refractivity contribution in [2.24, 2.45) is 4.99 Å². The van der Waals surface area contributed by atoms with Gasteiger partial charge in [-0.15, -0.1) is 0 Å². The summed E-state index contributed by atoms with van der Waals surface area (Å²) in [6.07, 6.45) is 0. The van der Waals surface area contributed by atoms with Crippen LogP contribution in [-0.4, -0.2) is 28.9 Å². The maximum atomic E-state index is 13.1. The van der Waals surface area contributed by atoms with E-state index in [-0.39, 0.29) is 5.82 Å². The number of para-hydroxylation sites is 1. The van der Waals surface area contributed by atoms with Gasteiger partial charge in [0, 0.05) is 12.1 Å². The number of rotatable bonds is 2. The Bertz CT molecular complexity index is 770. The second-order valence-electron chi connectivity index (χ2n) is 5.37. The van der Waals surface area contributed by atoms with E-state index in [0.29, 0.717) is 6.54 Å². The second kappa shape index (κ2) is 5.18. The number of aliphatic imine (C=N–C) groups is 1. The zero-order valence-corrected chi connectivity index (χ0v) is 12.7. The van der Waals surface area contributed by atoms with E-state index in [2.05, 4.69) is 20.9 Å². The van der Waals surface area contributed by atoms with Crippen LogP contribution in [-0.2, 0) is 6.54 Å². The summed E-state index contributed by atoms with van der Waals surface area (Å²) < 4.78 is 13.1. The van der Waals surface area contributed by atoms with Crippen LogP contribution in [0, 0.1) is 5.82 Å². The van der Waals surface area contributed by atoms with Gasteiger partial charge < -0.3 is 9.80 Å². The molecule has 0 bridgehead atoms. The topological polar surface area (TPSA) is 18.8 Å². The Balaban J connectivity index is 1.77. The Hall–Kier alpha value is -2.27. The molecular formula is C17H14FN3S. The lowest BCUT2D eigenvalue weighted by Gasteiger charge is -2.37. The van der Waals surface area contributed by atoms with Crippen molar-refractivity contribution in [3.63, 3.8) is 0 Å². The van der Waals surface area contributed by atoms with E-state index >= 15 is 0 Å². The quantitative estimate of drug-likeness (QED) is 0.794. The largest absolute Gasteiger partial charge is 0.307 e. The fourth-order valence-corrected chi connectivity index (χ4v) is 3.28. The fourth-order valence-electron chi connectivity index (χ4n) is 2.93. The number of benzene rings is 2. The van der Waals surface area contributed by atoms with Crippen LogP contribution in [0.15, 0.2) is 53.5 Å². The molecule has 0 saturated carbocycles. The van der Waals surface area contributed by atoms with Crippen LogP contribution in [0.4, 0.5) is 10.1 Å². The van der Waals surface area contributed by atoms with Crippen molar-refractivity contribution in [2.45, 2.75) is 6.54 Å². The predicted molar refractivity (Wildman–Crippen MR) is 89.7 cm³/mol. The van der Waals surface area contributed by atoms with Crippen molar-refractivity contribution in [3.05, 3.63) is 65.5 Å². The van der Waals surface area contributed by atoms with Gasteiger partial charge in [0.1, 0.15) is 10.8 Å². The Kier molecular flexibility index (Phi) is 3.15. The number of guanidine groups is 1. The van der Waals surface area contributed by atoms with Crippen LogP contribution < -0.4 is 4.90 Å². The highest BCUT2D eigenvalue weighted by Crippen LogP contribution is 2.31. The van der Waals surface area contributed by atoms with E-state index in [1.165, 1.54) is 12.1 Å². The summed E-state index contributed by atoms with van der Waals surface area (Å²) >= 11 is 5.60. The molecular weight excluding hydrogens is 297 g/mol. The van der Waals surface area contributed by atoms with Crippen LogP contribution in [0.1, 0.15) is 11.1 Å². The van der Waals surface area contributed by atoms with Crippen LogP contribution in [0.3, 0.4) is 0 Å². The van der Waals surface area contributed by atoms with E-state index < -0.39 is 0 Å². The van der Waals surface area contributed by atoms with Gasteiger partial charge >= 0.3 is 0 Å². The van der Waals surface area contributed by atoms with Gasteiger partial charge in [-0.3, -0.25) is 4.99 Å². The van der Waals surface area contributed by atoms with Crippen molar-refractivity contribution >= 4 is 28.9 Å². The summed E-state index contributed by atoms with van der Waals surface area (Å²) in [6, 6.07) is 14.7. The molecule has 0 unspecified atom stereocenters. The zero-order chi connectivity index (χ0) is 15.1. The molecule has 0 saturated heterocycles. The van der Waals surface area contributed by atoms with Crippen molar-refractivity contribution in [1.82, 2.24) is 4.90 Å². The van der Waals surface area contributed by atoms with Gasteiger partial charge in [0.15, 0.2) is 0 Å².